The zero-order chi connectivity index (χ0) is 20.8. The molecule has 1 unspecified atom stereocenters. The van der Waals surface area contributed by atoms with Gasteiger partial charge in [0.15, 0.2) is 0 Å². The topological polar surface area (TPSA) is 41.6 Å². The number of urea groups is 1. The van der Waals surface area contributed by atoms with Gasteiger partial charge in [-0.1, -0.05) is 67.6 Å². The highest BCUT2D eigenvalue weighted by Crippen LogP contribution is 2.38. The molecule has 4 nitrogen and oxygen atoms in total. The number of thioether (sulfide) groups is 1. The number of hydrogen-bond acceptors (Lipinski definition) is 3. The highest BCUT2D eigenvalue weighted by atomic mass is 32.2. The van der Waals surface area contributed by atoms with Crippen molar-refractivity contribution in [3.05, 3.63) is 95.6 Å². The molecule has 0 radical (unpaired) electrons. The molecule has 1 saturated heterocycles. The molecule has 1 aliphatic heterocycles. The van der Waals surface area contributed by atoms with E-state index in [-0.39, 0.29) is 11.4 Å². The molecular weight excluding hydrogens is 392 g/mol. The summed E-state index contributed by atoms with van der Waals surface area (Å²) < 4.78 is 5.89. The summed E-state index contributed by atoms with van der Waals surface area (Å²) in [6.07, 6.45) is 0.888. The van der Waals surface area contributed by atoms with Gasteiger partial charge in [0.05, 0.1) is 0 Å². The lowest BCUT2D eigenvalue weighted by atomic mass is 10.1. The molecule has 1 atom stereocenters. The highest BCUT2D eigenvalue weighted by molar-refractivity contribution is 7.99. The number of rotatable bonds is 6. The van der Waals surface area contributed by atoms with Crippen LogP contribution in [0, 0.1) is 0 Å². The predicted molar refractivity (Wildman–Crippen MR) is 124 cm³/mol. The molecule has 0 aliphatic carbocycles. The molecule has 3 aromatic rings. The Labute approximate surface area is 182 Å². The Morgan fingerprint density at radius 2 is 1.77 bits per heavy atom. The van der Waals surface area contributed by atoms with Crippen molar-refractivity contribution in [2.75, 3.05) is 17.6 Å². The van der Waals surface area contributed by atoms with E-state index in [0.717, 1.165) is 46.8 Å². The molecule has 0 saturated carbocycles. The van der Waals surface area contributed by atoms with Crippen LogP contribution in [0.15, 0.2) is 78.9 Å². The molecule has 5 heteroatoms. The molecule has 154 valence electrons. The Balaban J connectivity index is 1.41. The van der Waals surface area contributed by atoms with Crippen LogP contribution in [0.2, 0.25) is 0 Å². The van der Waals surface area contributed by atoms with Crippen molar-refractivity contribution < 1.29 is 9.53 Å². The Bertz CT molecular complexity index is 976. The van der Waals surface area contributed by atoms with Crippen LogP contribution in [0.4, 0.5) is 10.5 Å². The number of carbonyl (C=O) groups is 1. The number of ether oxygens (including phenoxy) is 1. The first-order chi connectivity index (χ1) is 14.7. The summed E-state index contributed by atoms with van der Waals surface area (Å²) >= 11 is 1.79. The lowest BCUT2D eigenvalue weighted by Crippen LogP contribution is -2.34. The summed E-state index contributed by atoms with van der Waals surface area (Å²) in [5.74, 6) is 1.76. The normalized spacial score (nSPS) is 15.8. The van der Waals surface area contributed by atoms with Gasteiger partial charge in [0.1, 0.15) is 17.7 Å². The monoisotopic (exact) mass is 418 g/mol. The summed E-state index contributed by atoms with van der Waals surface area (Å²) in [5, 5.41) is 3.12. The number of anilines is 1. The molecule has 1 heterocycles. The number of amides is 2. The van der Waals surface area contributed by atoms with Crippen LogP contribution in [0.3, 0.4) is 0 Å². The molecule has 4 rings (SSSR count). The second-order valence-electron chi connectivity index (χ2n) is 7.20. The van der Waals surface area contributed by atoms with Crippen molar-refractivity contribution >= 4 is 23.5 Å². The van der Waals surface area contributed by atoms with Crippen molar-refractivity contribution in [3.8, 4) is 5.75 Å². The molecule has 0 spiro atoms. The van der Waals surface area contributed by atoms with Gasteiger partial charge >= 0.3 is 6.03 Å². The Hall–Kier alpha value is -2.92. The zero-order valence-electron chi connectivity index (χ0n) is 17.1. The third-order valence-electron chi connectivity index (χ3n) is 5.21. The SMILES string of the molecule is CCc1ccccc1NC(=O)N1CCSC1c1ccc(OCc2ccccc2)cc1. The minimum Gasteiger partial charge on any atom is -0.489 e. The Morgan fingerprint density at radius 3 is 2.53 bits per heavy atom. The van der Waals surface area contributed by atoms with Crippen LogP contribution in [0.5, 0.6) is 5.75 Å². The van der Waals surface area contributed by atoms with Crippen molar-refractivity contribution in [3.63, 3.8) is 0 Å². The van der Waals surface area contributed by atoms with E-state index in [1.165, 1.54) is 0 Å². The van der Waals surface area contributed by atoms with Gasteiger partial charge in [-0.05, 0) is 41.3 Å². The lowest BCUT2D eigenvalue weighted by Gasteiger charge is -2.25. The maximum absolute atomic E-state index is 13.0. The van der Waals surface area contributed by atoms with Crippen LogP contribution in [-0.4, -0.2) is 23.2 Å². The van der Waals surface area contributed by atoms with E-state index in [1.54, 1.807) is 11.8 Å². The molecule has 0 bridgehead atoms. The fourth-order valence-corrected chi connectivity index (χ4v) is 4.82. The molecule has 1 N–H and O–H groups in total. The van der Waals surface area contributed by atoms with Crippen LogP contribution >= 0.6 is 11.8 Å². The highest BCUT2D eigenvalue weighted by Gasteiger charge is 2.31. The van der Waals surface area contributed by atoms with Crippen molar-refractivity contribution in [1.82, 2.24) is 4.90 Å². The van der Waals surface area contributed by atoms with Crippen molar-refractivity contribution in [2.45, 2.75) is 25.3 Å². The van der Waals surface area contributed by atoms with Gasteiger partial charge in [-0.2, -0.15) is 0 Å². The average Bonchev–Trinajstić information content (AvgIpc) is 3.29. The van der Waals surface area contributed by atoms with E-state index in [0.29, 0.717) is 6.61 Å². The Kier molecular flexibility index (Phi) is 6.60. The number of nitrogens with one attached hydrogen (secondary N) is 1. The molecule has 0 aromatic heterocycles. The van der Waals surface area contributed by atoms with Gasteiger partial charge < -0.3 is 15.0 Å². The van der Waals surface area contributed by atoms with Gasteiger partial charge in [0.25, 0.3) is 0 Å². The first-order valence-electron chi connectivity index (χ1n) is 10.3. The number of aryl methyl sites for hydroxylation is 1. The number of para-hydroxylation sites is 1. The quantitative estimate of drug-likeness (QED) is 0.525. The van der Waals surface area contributed by atoms with E-state index >= 15 is 0 Å². The van der Waals surface area contributed by atoms with Crippen LogP contribution in [0.25, 0.3) is 0 Å². The summed E-state index contributed by atoms with van der Waals surface area (Å²) in [6.45, 7) is 3.38. The van der Waals surface area contributed by atoms with Gasteiger partial charge in [0, 0.05) is 18.0 Å². The largest absolute Gasteiger partial charge is 0.489 e. The summed E-state index contributed by atoms with van der Waals surface area (Å²) in [5.41, 5.74) is 4.30. The van der Waals surface area contributed by atoms with E-state index in [2.05, 4.69) is 42.6 Å². The summed E-state index contributed by atoms with van der Waals surface area (Å²) in [6, 6.07) is 26.2. The van der Waals surface area contributed by atoms with Crippen molar-refractivity contribution in [1.29, 1.82) is 0 Å². The number of nitrogens with zero attached hydrogens (tertiary/aromatic N) is 1. The van der Waals surface area contributed by atoms with Gasteiger partial charge in [-0.15, -0.1) is 11.8 Å². The van der Waals surface area contributed by atoms with Gasteiger partial charge in [-0.25, -0.2) is 4.79 Å². The Morgan fingerprint density at radius 1 is 1.03 bits per heavy atom. The predicted octanol–water partition coefficient (Wildman–Crippen LogP) is 6.11. The molecular formula is C25H26N2O2S. The number of benzene rings is 3. The first-order valence-corrected chi connectivity index (χ1v) is 11.3. The first kappa shape index (κ1) is 20.4. The second kappa shape index (κ2) is 9.72. The summed E-state index contributed by atoms with van der Waals surface area (Å²) in [7, 11) is 0. The van der Waals surface area contributed by atoms with E-state index in [1.807, 2.05) is 53.4 Å². The second-order valence-corrected chi connectivity index (χ2v) is 8.39. The third kappa shape index (κ3) is 4.79. The molecule has 3 aromatic carbocycles. The maximum atomic E-state index is 13.0. The van der Waals surface area contributed by atoms with Crippen molar-refractivity contribution in [2.24, 2.45) is 0 Å². The van der Waals surface area contributed by atoms with E-state index in [4.69, 9.17) is 4.74 Å². The van der Waals surface area contributed by atoms with Crippen LogP contribution < -0.4 is 10.1 Å². The zero-order valence-corrected chi connectivity index (χ0v) is 17.9. The van der Waals surface area contributed by atoms with Gasteiger partial charge in [-0.3, -0.25) is 0 Å². The minimum atomic E-state index is -0.0460. The fourth-order valence-electron chi connectivity index (χ4n) is 3.56. The third-order valence-corrected chi connectivity index (χ3v) is 6.47. The maximum Gasteiger partial charge on any atom is 0.323 e. The van der Waals surface area contributed by atoms with E-state index in [9.17, 15) is 4.79 Å². The van der Waals surface area contributed by atoms with Crippen LogP contribution in [-0.2, 0) is 13.0 Å². The molecule has 30 heavy (non-hydrogen) atoms. The van der Waals surface area contributed by atoms with E-state index < -0.39 is 0 Å². The lowest BCUT2D eigenvalue weighted by molar-refractivity contribution is 0.214. The fraction of sp³-hybridized carbons (Fsp3) is 0.240. The molecule has 2 amide bonds. The smallest absolute Gasteiger partial charge is 0.323 e. The number of carbonyl (C=O) groups excluding carboxylic acids is 1. The molecule has 1 aliphatic rings. The minimum absolute atomic E-state index is 0.0157. The standard InChI is InChI=1S/C25H26N2O2S/c1-2-20-10-6-7-11-23(20)26-25(28)27-16-17-30-24(27)21-12-14-22(15-13-21)29-18-19-8-4-3-5-9-19/h3-15,24H,2,16-18H2,1H3,(H,26,28). The average molecular weight is 419 g/mol. The molecule has 1 fully saturated rings. The summed E-state index contributed by atoms with van der Waals surface area (Å²) in [4.78, 5) is 14.9. The van der Waals surface area contributed by atoms with Crippen LogP contribution in [0.1, 0.15) is 29.0 Å². The number of hydrogen-bond donors (Lipinski definition) is 1. The van der Waals surface area contributed by atoms with Gasteiger partial charge in [0.2, 0.25) is 0 Å².